The van der Waals surface area contributed by atoms with Crippen molar-refractivity contribution >= 4 is 28.5 Å². The zero-order chi connectivity index (χ0) is 13.6. The molecule has 2 aromatic rings. The Morgan fingerprint density at radius 1 is 1.58 bits per heavy atom. The van der Waals surface area contributed by atoms with Crippen LogP contribution in [-0.2, 0) is 11.8 Å². The summed E-state index contributed by atoms with van der Waals surface area (Å²) in [4.78, 5) is 11.0. The van der Waals surface area contributed by atoms with Crippen molar-refractivity contribution in [3.8, 4) is 0 Å². The number of aliphatic carboxylic acids is 1. The van der Waals surface area contributed by atoms with Crippen LogP contribution >= 0.6 is 11.6 Å². The Labute approximate surface area is 116 Å². The maximum atomic E-state index is 11.0. The van der Waals surface area contributed by atoms with Gasteiger partial charge in [0.1, 0.15) is 0 Å². The second kappa shape index (κ2) is 4.53. The first-order chi connectivity index (χ1) is 9.06. The molecule has 1 aromatic carbocycles. The number of hydrogen-bond acceptors (Lipinski definition) is 2. The van der Waals surface area contributed by atoms with Crippen LogP contribution in [-0.4, -0.2) is 20.9 Å². The van der Waals surface area contributed by atoms with Crippen LogP contribution in [0.2, 0.25) is 5.15 Å². The third kappa shape index (κ3) is 2.32. The average molecular weight is 279 g/mol. The summed E-state index contributed by atoms with van der Waals surface area (Å²) >= 11 is 6.11. The van der Waals surface area contributed by atoms with Gasteiger partial charge in [0.15, 0.2) is 5.15 Å². The van der Waals surface area contributed by atoms with Gasteiger partial charge in [-0.1, -0.05) is 17.7 Å². The molecule has 0 aliphatic heterocycles. The van der Waals surface area contributed by atoms with E-state index in [1.165, 1.54) is 0 Å². The molecule has 0 spiro atoms. The third-order valence-corrected chi connectivity index (χ3v) is 4.12. The number of aromatic nitrogens is 2. The zero-order valence-corrected chi connectivity index (χ0v) is 11.4. The van der Waals surface area contributed by atoms with Gasteiger partial charge in [-0.15, -0.1) is 0 Å². The number of aryl methyl sites for hydroxylation is 1. The first-order valence-corrected chi connectivity index (χ1v) is 6.78. The van der Waals surface area contributed by atoms with Crippen molar-refractivity contribution in [2.24, 2.45) is 13.0 Å². The molecule has 1 N–H and O–H groups in total. The molecule has 0 amide bonds. The second-order valence-corrected chi connectivity index (χ2v) is 5.59. The number of carbonyl (C=O) groups is 1. The highest BCUT2D eigenvalue weighted by molar-refractivity contribution is 6.34. The van der Waals surface area contributed by atoms with E-state index >= 15 is 0 Å². The lowest BCUT2D eigenvalue weighted by Gasteiger charge is -2.14. The fraction of sp³-hybridized carbons (Fsp3) is 0.429. The van der Waals surface area contributed by atoms with Gasteiger partial charge in [-0.3, -0.25) is 9.48 Å². The minimum atomic E-state index is -0.741. The normalized spacial score (nSPS) is 16.7. The Kier molecular flexibility index (Phi) is 2.97. The molecule has 0 radical (unpaired) electrons. The van der Waals surface area contributed by atoms with Gasteiger partial charge >= 0.3 is 5.97 Å². The third-order valence-electron chi connectivity index (χ3n) is 3.84. The van der Waals surface area contributed by atoms with Gasteiger partial charge in [0.2, 0.25) is 0 Å². The van der Waals surface area contributed by atoms with E-state index in [-0.39, 0.29) is 12.3 Å². The lowest BCUT2D eigenvalue weighted by molar-refractivity contribution is -0.137. The molecule has 1 fully saturated rings. The molecule has 1 aliphatic rings. The molecule has 1 atom stereocenters. The van der Waals surface area contributed by atoms with Gasteiger partial charge in [-0.2, -0.15) is 5.10 Å². The van der Waals surface area contributed by atoms with Crippen molar-refractivity contribution in [1.82, 2.24) is 9.78 Å². The average Bonchev–Trinajstić information content (AvgIpc) is 3.15. The molecule has 0 saturated heterocycles. The number of carboxylic acids is 1. The first kappa shape index (κ1) is 12.5. The molecule has 1 heterocycles. The van der Waals surface area contributed by atoms with Gasteiger partial charge in [-0.25, -0.2) is 0 Å². The monoisotopic (exact) mass is 278 g/mol. The van der Waals surface area contributed by atoms with Crippen molar-refractivity contribution in [2.45, 2.75) is 25.2 Å². The van der Waals surface area contributed by atoms with E-state index in [4.69, 9.17) is 16.7 Å². The molecule has 1 saturated carbocycles. The minimum absolute atomic E-state index is 0.0955. The topological polar surface area (TPSA) is 55.1 Å². The molecule has 100 valence electrons. The van der Waals surface area contributed by atoms with Crippen LogP contribution < -0.4 is 0 Å². The molecule has 1 unspecified atom stereocenters. The van der Waals surface area contributed by atoms with Crippen molar-refractivity contribution in [3.63, 3.8) is 0 Å². The second-order valence-electron chi connectivity index (χ2n) is 5.23. The number of benzene rings is 1. The Bertz CT molecular complexity index is 646. The highest BCUT2D eigenvalue weighted by Gasteiger charge is 2.33. The lowest BCUT2D eigenvalue weighted by atomic mass is 9.90. The van der Waals surface area contributed by atoms with E-state index in [1.807, 2.05) is 25.2 Å². The number of fused-ring (bicyclic) bond motifs is 1. The first-order valence-electron chi connectivity index (χ1n) is 6.40. The standard InChI is InChI=1S/C14H15ClN2O2/c1-17-12-5-4-9(6-11(12)14(15)16-17)10(7-13(18)19)8-2-3-8/h4-6,8,10H,2-3,7H2,1H3,(H,18,19). The van der Waals surface area contributed by atoms with Crippen LogP contribution in [0.4, 0.5) is 0 Å². The largest absolute Gasteiger partial charge is 0.481 e. The van der Waals surface area contributed by atoms with Crippen molar-refractivity contribution in [1.29, 1.82) is 0 Å². The Morgan fingerprint density at radius 2 is 2.32 bits per heavy atom. The van der Waals surface area contributed by atoms with Gasteiger partial charge < -0.3 is 5.11 Å². The summed E-state index contributed by atoms with van der Waals surface area (Å²) in [5, 5.41) is 14.6. The van der Waals surface area contributed by atoms with Crippen molar-refractivity contribution < 1.29 is 9.90 Å². The number of hydrogen-bond donors (Lipinski definition) is 1. The van der Waals surface area contributed by atoms with E-state index < -0.39 is 5.97 Å². The van der Waals surface area contributed by atoms with E-state index in [1.54, 1.807) is 4.68 Å². The molecule has 0 bridgehead atoms. The SMILES string of the molecule is Cn1nc(Cl)c2cc(C(CC(=O)O)C3CC3)ccc21. The summed E-state index contributed by atoms with van der Waals surface area (Å²) in [5.74, 6) is -0.142. The summed E-state index contributed by atoms with van der Waals surface area (Å²) in [5.41, 5.74) is 2.03. The van der Waals surface area contributed by atoms with Crippen LogP contribution in [0.15, 0.2) is 18.2 Å². The van der Waals surface area contributed by atoms with Crippen LogP contribution in [0.5, 0.6) is 0 Å². The summed E-state index contributed by atoms with van der Waals surface area (Å²) in [6, 6.07) is 5.98. The maximum absolute atomic E-state index is 11.0. The molecular weight excluding hydrogens is 264 g/mol. The van der Waals surface area contributed by atoms with Crippen molar-refractivity contribution in [2.75, 3.05) is 0 Å². The molecule has 1 aromatic heterocycles. The summed E-state index contributed by atoms with van der Waals surface area (Å²) in [6.45, 7) is 0. The highest BCUT2D eigenvalue weighted by Crippen LogP contribution is 2.45. The number of carboxylic acid groups (broad SMARTS) is 1. The van der Waals surface area contributed by atoms with Crippen molar-refractivity contribution in [3.05, 3.63) is 28.9 Å². The molecular formula is C14H15ClN2O2. The smallest absolute Gasteiger partial charge is 0.303 e. The Hall–Kier alpha value is -1.55. The molecule has 3 rings (SSSR count). The number of halogens is 1. The van der Waals surface area contributed by atoms with E-state index in [9.17, 15) is 4.79 Å². The molecule has 19 heavy (non-hydrogen) atoms. The minimum Gasteiger partial charge on any atom is -0.481 e. The predicted molar refractivity (Wildman–Crippen MR) is 73.4 cm³/mol. The summed E-state index contributed by atoms with van der Waals surface area (Å²) in [7, 11) is 1.85. The summed E-state index contributed by atoms with van der Waals surface area (Å²) in [6.07, 6.45) is 2.43. The maximum Gasteiger partial charge on any atom is 0.303 e. The zero-order valence-electron chi connectivity index (χ0n) is 10.6. The van der Waals surface area contributed by atoms with Crippen LogP contribution in [0, 0.1) is 5.92 Å². The van der Waals surface area contributed by atoms with E-state index in [0.29, 0.717) is 11.1 Å². The molecule has 5 heteroatoms. The summed E-state index contributed by atoms with van der Waals surface area (Å²) < 4.78 is 1.74. The fourth-order valence-corrected chi connectivity index (χ4v) is 2.98. The fourth-order valence-electron chi connectivity index (χ4n) is 2.71. The van der Waals surface area contributed by atoms with Gasteiger partial charge in [-0.05, 0) is 42.4 Å². The quantitative estimate of drug-likeness (QED) is 0.934. The predicted octanol–water partition coefficient (Wildman–Crippen LogP) is 3.20. The van der Waals surface area contributed by atoms with Crippen LogP contribution in [0.3, 0.4) is 0 Å². The van der Waals surface area contributed by atoms with Gasteiger partial charge in [0.05, 0.1) is 11.9 Å². The highest BCUT2D eigenvalue weighted by atomic mass is 35.5. The Balaban J connectivity index is 2.03. The van der Waals surface area contributed by atoms with Gasteiger partial charge in [0.25, 0.3) is 0 Å². The van der Waals surface area contributed by atoms with E-state index in [0.717, 1.165) is 29.3 Å². The molecule has 1 aliphatic carbocycles. The van der Waals surface area contributed by atoms with Crippen LogP contribution in [0.25, 0.3) is 10.9 Å². The van der Waals surface area contributed by atoms with Crippen LogP contribution in [0.1, 0.15) is 30.7 Å². The van der Waals surface area contributed by atoms with E-state index in [2.05, 4.69) is 5.10 Å². The molecule has 4 nitrogen and oxygen atoms in total. The Morgan fingerprint density at radius 3 is 2.95 bits per heavy atom. The number of nitrogens with zero attached hydrogens (tertiary/aromatic N) is 2. The lowest BCUT2D eigenvalue weighted by Crippen LogP contribution is -2.08. The van der Waals surface area contributed by atoms with Gasteiger partial charge in [0, 0.05) is 12.4 Å². The number of rotatable bonds is 4.